The van der Waals surface area contributed by atoms with Crippen molar-refractivity contribution in [2.24, 2.45) is 5.73 Å². The Bertz CT molecular complexity index is 534. The summed E-state index contributed by atoms with van der Waals surface area (Å²) < 4.78 is 43.2. The fraction of sp³-hybridized carbons (Fsp3) is 0.364. The Kier molecular flexibility index (Phi) is 5.47. The van der Waals surface area contributed by atoms with Crippen LogP contribution in [0.25, 0.3) is 0 Å². The Morgan fingerprint density at radius 1 is 1.43 bits per heavy atom. The van der Waals surface area contributed by atoms with E-state index < -0.39 is 28.3 Å². The second-order valence-corrected chi connectivity index (χ2v) is 3.93. The van der Waals surface area contributed by atoms with E-state index in [0.717, 1.165) is 12.1 Å². The molecule has 0 saturated carbocycles. The van der Waals surface area contributed by atoms with E-state index >= 15 is 0 Å². The molecule has 0 radical (unpaired) electrons. The van der Waals surface area contributed by atoms with Gasteiger partial charge in [0, 0.05) is 24.4 Å². The van der Waals surface area contributed by atoms with E-state index in [1.165, 1.54) is 0 Å². The van der Waals surface area contributed by atoms with Gasteiger partial charge in [0.05, 0.1) is 17.1 Å². The molecule has 0 aliphatic heterocycles. The molecule has 0 spiro atoms. The molecular formula is C11H12F3N3O4. The summed E-state index contributed by atoms with van der Waals surface area (Å²) in [4.78, 5) is 20.0. The molecule has 1 aromatic rings. The molecule has 0 aliphatic rings. The number of hydrogen-bond donors (Lipinski definition) is 2. The Balaban J connectivity index is 2.77. The van der Waals surface area contributed by atoms with E-state index in [1.54, 1.807) is 0 Å². The highest BCUT2D eigenvalue weighted by atomic mass is 19.4. The number of hydrogen-bond acceptors (Lipinski definition) is 5. The predicted octanol–water partition coefficient (Wildman–Crippen LogP) is 1.53. The zero-order chi connectivity index (χ0) is 16.0. The number of carbonyl (C=O) groups excluding carboxylic acids is 1. The van der Waals surface area contributed by atoms with Crippen LogP contribution in [-0.4, -0.2) is 30.6 Å². The molecular weight excluding hydrogens is 295 g/mol. The molecule has 0 heterocycles. The van der Waals surface area contributed by atoms with Gasteiger partial charge in [0.1, 0.15) is 6.61 Å². The number of nitro groups is 1. The Morgan fingerprint density at radius 2 is 2.10 bits per heavy atom. The molecule has 0 atom stereocenters. The smallest absolute Gasteiger partial charge is 0.382 e. The fourth-order valence-corrected chi connectivity index (χ4v) is 1.47. The van der Waals surface area contributed by atoms with Crippen LogP contribution in [0, 0.1) is 10.1 Å². The van der Waals surface area contributed by atoms with E-state index in [2.05, 4.69) is 5.32 Å². The number of amides is 1. The van der Waals surface area contributed by atoms with Crippen molar-refractivity contribution in [1.82, 2.24) is 0 Å². The van der Waals surface area contributed by atoms with Gasteiger partial charge in [0.25, 0.3) is 5.69 Å². The van der Waals surface area contributed by atoms with Crippen LogP contribution in [0.3, 0.4) is 0 Å². The normalized spacial score (nSPS) is 11.2. The van der Waals surface area contributed by atoms with Crippen LogP contribution >= 0.6 is 0 Å². The highest BCUT2D eigenvalue weighted by Crippen LogP contribution is 2.36. The SMILES string of the molecule is NC(=O)COCCNc1ccc([N+](=O)[O-])cc1C(F)(F)F. The molecule has 1 rings (SSSR count). The maximum absolute atomic E-state index is 12.8. The van der Waals surface area contributed by atoms with Crippen LogP contribution in [-0.2, 0) is 15.7 Å². The van der Waals surface area contributed by atoms with E-state index in [1.807, 2.05) is 0 Å². The van der Waals surface area contributed by atoms with Gasteiger partial charge in [-0.05, 0) is 6.07 Å². The van der Waals surface area contributed by atoms with Crippen molar-refractivity contribution in [3.05, 3.63) is 33.9 Å². The minimum atomic E-state index is -4.73. The lowest BCUT2D eigenvalue weighted by Crippen LogP contribution is -2.21. The summed E-state index contributed by atoms with van der Waals surface area (Å²) in [5.41, 5.74) is 2.70. The summed E-state index contributed by atoms with van der Waals surface area (Å²) in [6, 6.07) is 2.38. The van der Waals surface area contributed by atoms with Crippen molar-refractivity contribution >= 4 is 17.3 Å². The number of nitro benzene ring substituents is 1. The first-order valence-corrected chi connectivity index (χ1v) is 5.67. The van der Waals surface area contributed by atoms with Crippen LogP contribution < -0.4 is 11.1 Å². The lowest BCUT2D eigenvalue weighted by molar-refractivity contribution is -0.385. The third-order valence-corrected chi connectivity index (χ3v) is 2.33. The van der Waals surface area contributed by atoms with Gasteiger partial charge < -0.3 is 15.8 Å². The van der Waals surface area contributed by atoms with Crippen molar-refractivity contribution in [2.45, 2.75) is 6.18 Å². The molecule has 0 aliphatic carbocycles. The average Bonchev–Trinajstić information content (AvgIpc) is 2.36. The van der Waals surface area contributed by atoms with Crippen molar-refractivity contribution in [3.8, 4) is 0 Å². The summed E-state index contributed by atoms with van der Waals surface area (Å²) >= 11 is 0. The number of primary amides is 1. The van der Waals surface area contributed by atoms with Crippen LogP contribution in [0.4, 0.5) is 24.5 Å². The molecule has 116 valence electrons. The van der Waals surface area contributed by atoms with Crippen molar-refractivity contribution in [3.63, 3.8) is 0 Å². The van der Waals surface area contributed by atoms with Gasteiger partial charge in [-0.15, -0.1) is 0 Å². The fourth-order valence-electron chi connectivity index (χ4n) is 1.47. The van der Waals surface area contributed by atoms with Gasteiger partial charge >= 0.3 is 6.18 Å². The number of alkyl halides is 3. The van der Waals surface area contributed by atoms with E-state index in [-0.39, 0.29) is 25.4 Å². The van der Waals surface area contributed by atoms with E-state index in [0.29, 0.717) is 6.07 Å². The second-order valence-electron chi connectivity index (χ2n) is 3.93. The van der Waals surface area contributed by atoms with Crippen LogP contribution in [0.1, 0.15) is 5.56 Å². The third-order valence-electron chi connectivity index (χ3n) is 2.33. The number of non-ortho nitro benzene ring substituents is 1. The predicted molar refractivity (Wildman–Crippen MR) is 66.6 cm³/mol. The Labute approximate surface area is 117 Å². The molecule has 0 saturated heterocycles. The molecule has 3 N–H and O–H groups in total. The quantitative estimate of drug-likeness (QED) is 0.451. The molecule has 0 aromatic heterocycles. The van der Waals surface area contributed by atoms with Crippen molar-refractivity contribution < 1.29 is 27.6 Å². The molecule has 0 fully saturated rings. The zero-order valence-corrected chi connectivity index (χ0v) is 10.6. The topological polar surface area (TPSA) is 107 Å². The number of anilines is 1. The molecule has 10 heteroatoms. The van der Waals surface area contributed by atoms with Gasteiger partial charge in [0.15, 0.2) is 0 Å². The zero-order valence-electron chi connectivity index (χ0n) is 10.6. The number of nitrogens with zero attached hydrogens (tertiary/aromatic N) is 1. The minimum Gasteiger partial charge on any atom is -0.382 e. The molecule has 1 amide bonds. The van der Waals surface area contributed by atoms with Gasteiger partial charge in [-0.3, -0.25) is 14.9 Å². The van der Waals surface area contributed by atoms with E-state index in [4.69, 9.17) is 10.5 Å². The molecule has 21 heavy (non-hydrogen) atoms. The molecule has 7 nitrogen and oxygen atoms in total. The minimum absolute atomic E-state index is 0.0197. The maximum Gasteiger partial charge on any atom is 0.418 e. The monoisotopic (exact) mass is 307 g/mol. The second kappa shape index (κ2) is 6.88. The van der Waals surface area contributed by atoms with Gasteiger partial charge in [0.2, 0.25) is 5.91 Å². The molecule has 1 aromatic carbocycles. The first kappa shape index (κ1) is 16.7. The summed E-state index contributed by atoms with van der Waals surface area (Å²) in [5, 5.41) is 12.9. The van der Waals surface area contributed by atoms with Crippen LogP contribution in [0.15, 0.2) is 18.2 Å². The Hall–Kier alpha value is -2.36. The highest BCUT2D eigenvalue weighted by Gasteiger charge is 2.35. The standard InChI is InChI=1S/C11H12F3N3O4/c12-11(13,14)8-5-7(17(19)20)1-2-9(8)16-3-4-21-6-10(15)18/h1-2,5,16H,3-4,6H2,(H2,15,18). The maximum atomic E-state index is 12.8. The van der Waals surface area contributed by atoms with Gasteiger partial charge in [-0.2, -0.15) is 13.2 Å². The van der Waals surface area contributed by atoms with Gasteiger partial charge in [-0.1, -0.05) is 0 Å². The number of nitrogens with two attached hydrogens (primary N) is 1. The summed E-state index contributed by atoms with van der Waals surface area (Å²) in [6.45, 7) is -0.403. The number of nitrogens with one attached hydrogen (secondary N) is 1. The first-order valence-electron chi connectivity index (χ1n) is 5.67. The summed E-state index contributed by atoms with van der Waals surface area (Å²) in [6.07, 6.45) is -4.73. The largest absolute Gasteiger partial charge is 0.418 e. The number of rotatable bonds is 7. The summed E-state index contributed by atoms with van der Waals surface area (Å²) in [5.74, 6) is -0.693. The third kappa shape index (κ3) is 5.26. The highest BCUT2D eigenvalue weighted by molar-refractivity contribution is 5.74. The lowest BCUT2D eigenvalue weighted by Gasteiger charge is -2.14. The first-order chi connectivity index (χ1) is 9.71. The van der Waals surface area contributed by atoms with Crippen molar-refractivity contribution in [1.29, 1.82) is 0 Å². The summed E-state index contributed by atoms with van der Waals surface area (Å²) in [7, 11) is 0. The van der Waals surface area contributed by atoms with Crippen LogP contribution in [0.2, 0.25) is 0 Å². The molecule has 0 bridgehead atoms. The average molecular weight is 307 g/mol. The number of halogens is 3. The molecule has 0 unspecified atom stereocenters. The van der Waals surface area contributed by atoms with Gasteiger partial charge in [-0.25, -0.2) is 0 Å². The number of carbonyl (C=O) groups is 1. The van der Waals surface area contributed by atoms with E-state index in [9.17, 15) is 28.1 Å². The number of ether oxygens (including phenoxy) is 1. The van der Waals surface area contributed by atoms with Crippen LogP contribution in [0.5, 0.6) is 0 Å². The lowest BCUT2D eigenvalue weighted by atomic mass is 10.1. The number of benzene rings is 1. The van der Waals surface area contributed by atoms with Crippen molar-refractivity contribution in [2.75, 3.05) is 25.1 Å². The Morgan fingerprint density at radius 3 is 2.62 bits per heavy atom.